The number of nitrogens with zero attached hydrogens (tertiary/aromatic N) is 3. The number of benzene rings is 1. The zero-order valence-electron chi connectivity index (χ0n) is 18.4. The number of nitriles is 1. The quantitative estimate of drug-likeness (QED) is 0.739. The first-order chi connectivity index (χ1) is 14.5. The van der Waals surface area contributed by atoms with Crippen LogP contribution >= 0.6 is 0 Å². The summed E-state index contributed by atoms with van der Waals surface area (Å²) in [7, 11) is 3.35. The predicted molar refractivity (Wildman–Crippen MR) is 115 cm³/mol. The third-order valence-corrected chi connectivity index (χ3v) is 6.50. The first kappa shape index (κ1) is 22.4. The van der Waals surface area contributed by atoms with Crippen LogP contribution in [0.2, 0.25) is 0 Å². The number of methoxy groups -OCH3 is 2. The second kappa shape index (κ2) is 10.1. The van der Waals surface area contributed by atoms with Crippen LogP contribution in [0.15, 0.2) is 18.2 Å². The van der Waals surface area contributed by atoms with Crippen molar-refractivity contribution in [2.75, 3.05) is 40.4 Å². The van der Waals surface area contributed by atoms with Crippen molar-refractivity contribution in [3.05, 3.63) is 23.8 Å². The molecule has 1 aromatic carbocycles. The SMILES string of the molecule is COc1ccc(OC)c(CN2CCN(C(C)C(=O)NC3(C#N)CCCCC3)CC2)c1. The van der Waals surface area contributed by atoms with Crippen LogP contribution in [0, 0.1) is 11.3 Å². The molecule has 1 amide bonds. The maximum absolute atomic E-state index is 12.9. The van der Waals surface area contributed by atoms with Gasteiger partial charge in [0.25, 0.3) is 0 Å². The van der Waals surface area contributed by atoms with Crippen molar-refractivity contribution in [2.45, 2.75) is 57.2 Å². The Morgan fingerprint density at radius 1 is 1.17 bits per heavy atom. The highest BCUT2D eigenvalue weighted by Crippen LogP contribution is 2.28. The summed E-state index contributed by atoms with van der Waals surface area (Å²) in [4.78, 5) is 17.4. The Balaban J connectivity index is 1.54. The number of carbonyl (C=O) groups excluding carboxylic acids is 1. The lowest BCUT2D eigenvalue weighted by atomic mass is 9.82. The van der Waals surface area contributed by atoms with Gasteiger partial charge in [0, 0.05) is 38.3 Å². The van der Waals surface area contributed by atoms with Gasteiger partial charge in [0.15, 0.2) is 0 Å². The summed E-state index contributed by atoms with van der Waals surface area (Å²) in [5.74, 6) is 1.66. The molecule has 0 radical (unpaired) electrons. The molecule has 7 nitrogen and oxygen atoms in total. The lowest BCUT2D eigenvalue weighted by molar-refractivity contribution is -0.128. The second-order valence-electron chi connectivity index (χ2n) is 8.41. The van der Waals surface area contributed by atoms with Crippen molar-refractivity contribution < 1.29 is 14.3 Å². The summed E-state index contributed by atoms with van der Waals surface area (Å²) < 4.78 is 10.8. The molecule has 0 spiro atoms. The van der Waals surface area contributed by atoms with Gasteiger partial charge in [0.1, 0.15) is 17.0 Å². The number of nitrogens with one attached hydrogen (secondary N) is 1. The third kappa shape index (κ3) is 5.24. The van der Waals surface area contributed by atoms with Crippen LogP contribution < -0.4 is 14.8 Å². The molecule has 0 aromatic heterocycles. The smallest absolute Gasteiger partial charge is 0.238 e. The van der Waals surface area contributed by atoms with Crippen LogP contribution in [0.1, 0.15) is 44.6 Å². The average Bonchev–Trinajstić information content (AvgIpc) is 2.79. The fraction of sp³-hybridized carbons (Fsp3) is 0.652. The van der Waals surface area contributed by atoms with Crippen molar-refractivity contribution in [1.82, 2.24) is 15.1 Å². The maximum Gasteiger partial charge on any atom is 0.238 e. The Morgan fingerprint density at radius 3 is 2.47 bits per heavy atom. The summed E-state index contributed by atoms with van der Waals surface area (Å²) in [6, 6.07) is 8.01. The molecule has 1 aliphatic carbocycles. The lowest BCUT2D eigenvalue weighted by Crippen LogP contribution is -2.58. The molecule has 1 saturated carbocycles. The van der Waals surface area contributed by atoms with E-state index >= 15 is 0 Å². The lowest BCUT2D eigenvalue weighted by Gasteiger charge is -2.39. The summed E-state index contributed by atoms with van der Waals surface area (Å²) in [5, 5.41) is 12.7. The van der Waals surface area contributed by atoms with Gasteiger partial charge in [-0.1, -0.05) is 19.3 Å². The van der Waals surface area contributed by atoms with Gasteiger partial charge in [-0.3, -0.25) is 14.6 Å². The van der Waals surface area contributed by atoms with Gasteiger partial charge in [0.05, 0.1) is 26.3 Å². The van der Waals surface area contributed by atoms with Crippen molar-refractivity contribution in [3.63, 3.8) is 0 Å². The molecule has 2 aliphatic rings. The average molecular weight is 415 g/mol. The van der Waals surface area contributed by atoms with Gasteiger partial charge in [-0.15, -0.1) is 0 Å². The number of amides is 1. The Bertz CT molecular complexity index is 762. The highest BCUT2D eigenvalue weighted by molar-refractivity contribution is 5.82. The van der Waals surface area contributed by atoms with E-state index in [-0.39, 0.29) is 11.9 Å². The van der Waals surface area contributed by atoms with E-state index in [1.54, 1.807) is 14.2 Å². The number of carbonyl (C=O) groups is 1. The number of hydrogen-bond donors (Lipinski definition) is 1. The van der Waals surface area contributed by atoms with Gasteiger partial charge in [0.2, 0.25) is 5.91 Å². The van der Waals surface area contributed by atoms with E-state index in [4.69, 9.17) is 9.47 Å². The van der Waals surface area contributed by atoms with Crippen LogP contribution in [-0.2, 0) is 11.3 Å². The highest BCUT2D eigenvalue weighted by atomic mass is 16.5. The molecule has 164 valence electrons. The van der Waals surface area contributed by atoms with Gasteiger partial charge in [-0.2, -0.15) is 5.26 Å². The molecule has 2 fully saturated rings. The Labute approximate surface area is 179 Å². The highest BCUT2D eigenvalue weighted by Gasteiger charge is 2.36. The van der Waals surface area contributed by atoms with Crippen molar-refractivity contribution in [2.24, 2.45) is 0 Å². The number of hydrogen-bond acceptors (Lipinski definition) is 6. The molecular weight excluding hydrogens is 380 g/mol. The number of piperazine rings is 1. The van der Waals surface area contributed by atoms with Crippen molar-refractivity contribution in [1.29, 1.82) is 5.26 Å². The largest absolute Gasteiger partial charge is 0.497 e. The van der Waals surface area contributed by atoms with Crippen LogP contribution in [-0.4, -0.2) is 67.7 Å². The number of ether oxygens (including phenoxy) is 2. The molecule has 30 heavy (non-hydrogen) atoms. The van der Waals surface area contributed by atoms with E-state index in [2.05, 4.69) is 21.2 Å². The Hall–Kier alpha value is -2.30. The monoisotopic (exact) mass is 414 g/mol. The standard InChI is InChI=1S/C23H34N4O3/c1-18(22(28)25-23(17-24)9-5-4-6-10-23)27-13-11-26(12-14-27)16-19-15-20(29-2)7-8-21(19)30-3/h7-8,15,18H,4-6,9-14,16H2,1-3H3,(H,25,28). The van der Waals surface area contributed by atoms with Crippen LogP contribution in [0.4, 0.5) is 0 Å². The molecule has 7 heteroatoms. The van der Waals surface area contributed by atoms with Crippen LogP contribution in [0.3, 0.4) is 0 Å². The minimum absolute atomic E-state index is 0.0265. The molecular formula is C23H34N4O3. The normalized spacial score (nSPS) is 20.7. The van der Waals surface area contributed by atoms with E-state index < -0.39 is 5.54 Å². The molecule has 1 atom stereocenters. The molecule has 1 heterocycles. The first-order valence-corrected chi connectivity index (χ1v) is 10.9. The minimum Gasteiger partial charge on any atom is -0.497 e. The second-order valence-corrected chi connectivity index (χ2v) is 8.41. The molecule has 1 aliphatic heterocycles. The zero-order chi connectivity index (χ0) is 21.6. The molecule has 1 saturated heterocycles. The molecule has 0 bridgehead atoms. The first-order valence-electron chi connectivity index (χ1n) is 10.9. The number of rotatable bonds is 7. The summed E-state index contributed by atoms with van der Waals surface area (Å²) >= 11 is 0. The fourth-order valence-corrected chi connectivity index (χ4v) is 4.48. The summed E-state index contributed by atoms with van der Waals surface area (Å²) in [5.41, 5.74) is 0.429. The minimum atomic E-state index is -0.672. The van der Waals surface area contributed by atoms with Gasteiger partial charge in [-0.05, 0) is 38.0 Å². The fourth-order valence-electron chi connectivity index (χ4n) is 4.48. The summed E-state index contributed by atoms with van der Waals surface area (Å²) in [6.07, 6.45) is 4.69. The zero-order valence-corrected chi connectivity index (χ0v) is 18.4. The van der Waals surface area contributed by atoms with E-state index in [1.807, 2.05) is 25.1 Å². The van der Waals surface area contributed by atoms with Crippen LogP contribution in [0.5, 0.6) is 11.5 Å². The van der Waals surface area contributed by atoms with E-state index in [0.717, 1.165) is 81.9 Å². The Morgan fingerprint density at radius 2 is 1.87 bits per heavy atom. The van der Waals surface area contributed by atoms with E-state index in [0.29, 0.717) is 0 Å². The molecule has 1 N–H and O–H groups in total. The van der Waals surface area contributed by atoms with Gasteiger partial charge in [-0.25, -0.2) is 0 Å². The third-order valence-electron chi connectivity index (χ3n) is 6.50. The van der Waals surface area contributed by atoms with Gasteiger partial charge < -0.3 is 14.8 Å². The van der Waals surface area contributed by atoms with Crippen molar-refractivity contribution >= 4 is 5.91 Å². The van der Waals surface area contributed by atoms with Gasteiger partial charge >= 0.3 is 0 Å². The molecule has 1 aromatic rings. The predicted octanol–water partition coefficient (Wildman–Crippen LogP) is 2.55. The topological polar surface area (TPSA) is 77.8 Å². The van der Waals surface area contributed by atoms with E-state index in [9.17, 15) is 10.1 Å². The van der Waals surface area contributed by atoms with E-state index in [1.165, 1.54) is 0 Å². The maximum atomic E-state index is 12.9. The van der Waals surface area contributed by atoms with Crippen LogP contribution in [0.25, 0.3) is 0 Å². The molecule has 3 rings (SSSR count). The summed E-state index contributed by atoms with van der Waals surface area (Å²) in [6.45, 7) is 6.12. The Kier molecular flexibility index (Phi) is 7.57. The van der Waals surface area contributed by atoms with Crippen molar-refractivity contribution in [3.8, 4) is 17.6 Å². The molecule has 1 unspecified atom stereocenters.